The number of amides is 2. The molecule has 2 aromatic rings. The third-order valence-corrected chi connectivity index (χ3v) is 3.95. The van der Waals surface area contributed by atoms with E-state index >= 15 is 0 Å². The summed E-state index contributed by atoms with van der Waals surface area (Å²) in [6, 6.07) is 14.2. The molecule has 0 saturated heterocycles. The topological polar surface area (TPSA) is 73.2 Å². The molecule has 0 heterocycles. The predicted molar refractivity (Wildman–Crippen MR) is 96.7 cm³/mol. The minimum Gasteiger partial charge on any atom is -0.323 e. The Balaban J connectivity index is 2.20. The Labute approximate surface area is 149 Å². The largest absolute Gasteiger partial charge is 0.323 e. The van der Waals surface area contributed by atoms with Crippen LogP contribution in [0.2, 0.25) is 0 Å². The van der Waals surface area contributed by atoms with Crippen LogP contribution in [0.1, 0.15) is 18.1 Å². The molecule has 0 aromatic heterocycles. The van der Waals surface area contributed by atoms with E-state index in [-0.39, 0.29) is 18.4 Å². The van der Waals surface area contributed by atoms with Crippen LogP contribution in [0.15, 0.2) is 46.9 Å². The van der Waals surface area contributed by atoms with Crippen molar-refractivity contribution in [3.8, 4) is 6.07 Å². The summed E-state index contributed by atoms with van der Waals surface area (Å²) in [6.07, 6.45) is 0. The van der Waals surface area contributed by atoms with Gasteiger partial charge in [-0.25, -0.2) is 0 Å². The van der Waals surface area contributed by atoms with Gasteiger partial charge in [0.05, 0.1) is 11.3 Å². The summed E-state index contributed by atoms with van der Waals surface area (Å²) in [6.45, 7) is 3.16. The Hall–Kier alpha value is -2.65. The zero-order valence-electron chi connectivity index (χ0n) is 13.3. The molecule has 2 aromatic carbocycles. The predicted octanol–water partition coefficient (Wildman–Crippen LogP) is 3.62. The van der Waals surface area contributed by atoms with Gasteiger partial charge in [-0.05, 0) is 42.8 Å². The molecule has 0 fully saturated rings. The number of hydrogen-bond acceptors (Lipinski definition) is 3. The number of carbonyl (C=O) groups is 2. The number of rotatable bonds is 4. The highest BCUT2D eigenvalue weighted by Gasteiger charge is 2.18. The van der Waals surface area contributed by atoms with E-state index < -0.39 is 0 Å². The number of nitrogens with zero attached hydrogens (tertiary/aromatic N) is 2. The van der Waals surface area contributed by atoms with E-state index in [2.05, 4.69) is 21.2 Å². The fourth-order valence-corrected chi connectivity index (χ4v) is 2.79. The molecule has 1 N–H and O–H groups in total. The lowest BCUT2D eigenvalue weighted by molar-refractivity contribution is -0.120. The number of benzene rings is 2. The Kier molecular flexibility index (Phi) is 5.72. The van der Waals surface area contributed by atoms with Gasteiger partial charge in [0, 0.05) is 17.1 Å². The van der Waals surface area contributed by atoms with Crippen molar-refractivity contribution < 1.29 is 9.59 Å². The first-order valence-corrected chi connectivity index (χ1v) is 8.05. The molecule has 0 aliphatic carbocycles. The van der Waals surface area contributed by atoms with Gasteiger partial charge >= 0.3 is 0 Å². The van der Waals surface area contributed by atoms with Crippen LogP contribution in [0, 0.1) is 18.3 Å². The molecule has 0 spiro atoms. The lowest BCUT2D eigenvalue weighted by atomic mass is 10.1. The second-order valence-corrected chi connectivity index (χ2v) is 6.16. The molecule has 0 radical (unpaired) electrons. The Morgan fingerprint density at radius 3 is 2.58 bits per heavy atom. The van der Waals surface area contributed by atoms with Crippen molar-refractivity contribution in [2.75, 3.05) is 16.8 Å². The van der Waals surface area contributed by atoms with Crippen molar-refractivity contribution in [1.29, 1.82) is 5.26 Å². The van der Waals surface area contributed by atoms with Gasteiger partial charge in [-0.1, -0.05) is 28.1 Å². The maximum atomic E-state index is 12.3. The Morgan fingerprint density at radius 2 is 1.96 bits per heavy atom. The van der Waals surface area contributed by atoms with Crippen molar-refractivity contribution in [1.82, 2.24) is 0 Å². The molecular formula is C18H16BrN3O2. The van der Waals surface area contributed by atoms with Crippen LogP contribution < -0.4 is 10.2 Å². The summed E-state index contributed by atoms with van der Waals surface area (Å²) >= 11 is 3.38. The van der Waals surface area contributed by atoms with Crippen LogP contribution >= 0.6 is 15.9 Å². The van der Waals surface area contributed by atoms with Gasteiger partial charge in [0.2, 0.25) is 11.8 Å². The van der Waals surface area contributed by atoms with Gasteiger partial charge in [0.15, 0.2) is 0 Å². The molecule has 2 rings (SSSR count). The Morgan fingerprint density at radius 1 is 1.25 bits per heavy atom. The van der Waals surface area contributed by atoms with Crippen LogP contribution in [-0.2, 0) is 9.59 Å². The van der Waals surface area contributed by atoms with E-state index in [1.165, 1.54) is 11.8 Å². The molecule has 0 atom stereocenters. The van der Waals surface area contributed by atoms with E-state index in [9.17, 15) is 9.59 Å². The van der Waals surface area contributed by atoms with Crippen molar-refractivity contribution in [3.05, 3.63) is 58.1 Å². The lowest BCUT2D eigenvalue weighted by Crippen LogP contribution is -2.37. The van der Waals surface area contributed by atoms with E-state index in [1.807, 2.05) is 25.1 Å². The summed E-state index contributed by atoms with van der Waals surface area (Å²) in [5, 5.41) is 11.8. The minimum atomic E-state index is -0.366. The molecule has 0 saturated carbocycles. The quantitative estimate of drug-likeness (QED) is 0.872. The first-order chi connectivity index (χ1) is 11.4. The zero-order valence-corrected chi connectivity index (χ0v) is 14.9. The standard InChI is InChI=1S/C18H16BrN3O2/c1-12-9-15(19)7-8-17(12)22(13(2)23)11-18(24)21-16-6-4-3-5-14(16)10-20/h3-9H,11H2,1-2H3,(H,21,24). The van der Waals surface area contributed by atoms with E-state index in [0.717, 1.165) is 10.0 Å². The van der Waals surface area contributed by atoms with Crippen molar-refractivity contribution in [2.24, 2.45) is 0 Å². The van der Waals surface area contributed by atoms with Crippen LogP contribution in [0.3, 0.4) is 0 Å². The first-order valence-electron chi connectivity index (χ1n) is 7.25. The monoisotopic (exact) mass is 385 g/mol. The number of nitrogens with one attached hydrogen (secondary N) is 1. The molecule has 2 amide bonds. The Bertz CT molecular complexity index is 827. The minimum absolute atomic E-state index is 0.127. The average Bonchev–Trinajstić information content (AvgIpc) is 2.53. The second kappa shape index (κ2) is 7.75. The van der Waals surface area contributed by atoms with E-state index in [1.54, 1.807) is 30.3 Å². The summed E-state index contributed by atoms with van der Waals surface area (Å²) < 4.78 is 0.902. The molecule has 122 valence electrons. The van der Waals surface area contributed by atoms with Gasteiger partial charge < -0.3 is 10.2 Å². The number of hydrogen-bond donors (Lipinski definition) is 1. The number of anilines is 2. The fraction of sp³-hybridized carbons (Fsp3) is 0.167. The third kappa shape index (κ3) is 4.21. The highest BCUT2D eigenvalue weighted by Crippen LogP contribution is 2.24. The van der Waals surface area contributed by atoms with Gasteiger partial charge in [0.25, 0.3) is 0 Å². The number of halogens is 1. The van der Waals surface area contributed by atoms with Crippen LogP contribution in [0.25, 0.3) is 0 Å². The average molecular weight is 386 g/mol. The highest BCUT2D eigenvalue weighted by molar-refractivity contribution is 9.10. The molecule has 6 heteroatoms. The lowest BCUT2D eigenvalue weighted by Gasteiger charge is -2.23. The molecule has 0 bridgehead atoms. The maximum Gasteiger partial charge on any atom is 0.244 e. The van der Waals surface area contributed by atoms with Gasteiger partial charge in [-0.15, -0.1) is 0 Å². The van der Waals surface area contributed by atoms with Crippen LogP contribution in [0.4, 0.5) is 11.4 Å². The summed E-state index contributed by atoms with van der Waals surface area (Å²) in [5.74, 6) is -0.598. The SMILES string of the molecule is CC(=O)N(CC(=O)Nc1ccccc1C#N)c1ccc(Br)cc1C. The van der Waals surface area contributed by atoms with Crippen molar-refractivity contribution >= 4 is 39.1 Å². The number of nitriles is 1. The van der Waals surface area contributed by atoms with Crippen LogP contribution in [-0.4, -0.2) is 18.4 Å². The molecule has 0 unspecified atom stereocenters. The smallest absolute Gasteiger partial charge is 0.244 e. The number of carbonyl (C=O) groups excluding carboxylic acids is 2. The summed E-state index contributed by atoms with van der Waals surface area (Å²) in [7, 11) is 0. The molecule has 5 nitrogen and oxygen atoms in total. The fourth-order valence-electron chi connectivity index (χ4n) is 2.31. The highest BCUT2D eigenvalue weighted by atomic mass is 79.9. The van der Waals surface area contributed by atoms with Gasteiger partial charge in [0.1, 0.15) is 12.6 Å². The van der Waals surface area contributed by atoms with E-state index in [0.29, 0.717) is 16.9 Å². The van der Waals surface area contributed by atoms with Gasteiger partial charge in [-0.2, -0.15) is 5.26 Å². The first kappa shape index (κ1) is 17.7. The third-order valence-electron chi connectivity index (χ3n) is 3.45. The maximum absolute atomic E-state index is 12.3. The summed E-state index contributed by atoms with van der Waals surface area (Å²) in [4.78, 5) is 25.7. The number of para-hydroxylation sites is 1. The zero-order chi connectivity index (χ0) is 17.7. The van der Waals surface area contributed by atoms with Crippen molar-refractivity contribution in [2.45, 2.75) is 13.8 Å². The van der Waals surface area contributed by atoms with Crippen LogP contribution in [0.5, 0.6) is 0 Å². The van der Waals surface area contributed by atoms with E-state index in [4.69, 9.17) is 5.26 Å². The molecule has 0 aliphatic rings. The van der Waals surface area contributed by atoms with Crippen molar-refractivity contribution in [3.63, 3.8) is 0 Å². The molecule has 0 aliphatic heterocycles. The second-order valence-electron chi connectivity index (χ2n) is 5.24. The number of aryl methyl sites for hydroxylation is 1. The summed E-state index contributed by atoms with van der Waals surface area (Å²) in [5.41, 5.74) is 2.36. The molecule has 24 heavy (non-hydrogen) atoms. The van der Waals surface area contributed by atoms with Gasteiger partial charge in [-0.3, -0.25) is 9.59 Å². The normalized spacial score (nSPS) is 9.92. The molecular weight excluding hydrogens is 370 g/mol.